The first kappa shape index (κ1) is 21.9. The van der Waals surface area contributed by atoms with Crippen LogP contribution >= 0.6 is 0 Å². The molecule has 8 nitrogen and oxygen atoms in total. The van der Waals surface area contributed by atoms with E-state index in [1.54, 1.807) is 11.5 Å². The number of cyclic esters (lactones) is 1. The number of aliphatic hydroxyl groups excluding tert-OH is 1. The topological polar surface area (TPSA) is 111 Å². The highest BCUT2D eigenvalue weighted by molar-refractivity contribution is 5.93. The lowest BCUT2D eigenvalue weighted by atomic mass is 9.81. The number of pyridine rings is 2. The van der Waals surface area contributed by atoms with Gasteiger partial charge >= 0.3 is 5.97 Å². The van der Waals surface area contributed by atoms with Crippen LogP contribution in [-0.2, 0) is 33.9 Å². The molecule has 1 amide bonds. The van der Waals surface area contributed by atoms with Crippen LogP contribution in [0.1, 0.15) is 65.1 Å². The molecular weight excluding hydrogens is 453 g/mol. The van der Waals surface area contributed by atoms with Crippen molar-refractivity contribution in [2.24, 2.45) is 0 Å². The molecular formula is C26H24FN3O5. The van der Waals surface area contributed by atoms with Crippen molar-refractivity contribution in [3.63, 3.8) is 0 Å². The molecule has 0 saturated heterocycles. The van der Waals surface area contributed by atoms with Gasteiger partial charge in [-0.2, -0.15) is 0 Å². The van der Waals surface area contributed by atoms with Crippen LogP contribution in [0, 0.1) is 12.7 Å². The maximum absolute atomic E-state index is 14.8. The largest absolute Gasteiger partial charge is 0.460 e. The summed E-state index contributed by atoms with van der Waals surface area (Å²) in [5.74, 6) is -1.72. The van der Waals surface area contributed by atoms with E-state index >= 15 is 0 Å². The summed E-state index contributed by atoms with van der Waals surface area (Å²) >= 11 is 0. The van der Waals surface area contributed by atoms with E-state index < -0.39 is 24.5 Å². The fourth-order valence-electron chi connectivity index (χ4n) is 5.96. The van der Waals surface area contributed by atoms with Crippen LogP contribution in [0.4, 0.5) is 4.39 Å². The lowest BCUT2D eigenvalue weighted by Crippen LogP contribution is -2.34. The van der Waals surface area contributed by atoms with Gasteiger partial charge in [-0.05, 0) is 54.5 Å². The quantitative estimate of drug-likeness (QED) is 0.439. The van der Waals surface area contributed by atoms with E-state index in [-0.39, 0.29) is 30.5 Å². The average Bonchev–Trinajstić information content (AvgIpc) is 3.21. The van der Waals surface area contributed by atoms with Gasteiger partial charge in [0.1, 0.15) is 19.0 Å². The summed E-state index contributed by atoms with van der Waals surface area (Å²) in [6.07, 6.45) is 1.60. The highest BCUT2D eigenvalue weighted by Gasteiger charge is 2.37. The van der Waals surface area contributed by atoms with Gasteiger partial charge in [0.05, 0.1) is 41.0 Å². The number of carbonyl (C=O) groups excluding carboxylic acids is 2. The molecule has 180 valence electrons. The van der Waals surface area contributed by atoms with Crippen LogP contribution in [0.2, 0.25) is 0 Å². The number of rotatable bonds is 3. The summed E-state index contributed by atoms with van der Waals surface area (Å²) in [5, 5.41) is 13.0. The van der Waals surface area contributed by atoms with Gasteiger partial charge in [-0.1, -0.05) is 6.92 Å². The number of aryl methyl sites for hydroxylation is 1. The third-order valence-corrected chi connectivity index (χ3v) is 7.68. The second kappa shape index (κ2) is 7.71. The van der Waals surface area contributed by atoms with Crippen molar-refractivity contribution in [2.75, 3.05) is 6.61 Å². The van der Waals surface area contributed by atoms with Crippen molar-refractivity contribution < 1.29 is 23.8 Å². The Hall–Kier alpha value is -3.59. The first-order chi connectivity index (χ1) is 16.8. The Morgan fingerprint density at radius 3 is 2.83 bits per heavy atom. The third kappa shape index (κ3) is 3.00. The zero-order chi connectivity index (χ0) is 24.6. The molecule has 0 spiro atoms. The van der Waals surface area contributed by atoms with Crippen molar-refractivity contribution in [1.82, 2.24) is 14.9 Å². The molecule has 1 aliphatic carbocycles. The minimum atomic E-state index is -0.638. The Morgan fingerprint density at radius 2 is 2.09 bits per heavy atom. The first-order valence-corrected chi connectivity index (χ1v) is 11.8. The summed E-state index contributed by atoms with van der Waals surface area (Å²) in [7, 11) is 0. The van der Waals surface area contributed by atoms with E-state index in [2.05, 4.69) is 5.32 Å². The van der Waals surface area contributed by atoms with Gasteiger partial charge in [0.25, 0.3) is 5.56 Å². The molecule has 4 heterocycles. The number of aliphatic hydroxyl groups is 1. The number of ether oxygens (including phenoxy) is 1. The smallest absolute Gasteiger partial charge is 0.313 e. The number of nitrogens with one attached hydrogen (secondary N) is 1. The molecule has 0 saturated carbocycles. The molecule has 1 aromatic carbocycles. The van der Waals surface area contributed by atoms with Crippen LogP contribution < -0.4 is 10.9 Å². The number of nitrogens with zero attached hydrogens (tertiary/aromatic N) is 2. The average molecular weight is 477 g/mol. The molecule has 0 radical (unpaired) electrons. The Morgan fingerprint density at radius 1 is 1.29 bits per heavy atom. The highest BCUT2D eigenvalue weighted by atomic mass is 19.1. The van der Waals surface area contributed by atoms with E-state index in [0.717, 1.165) is 22.1 Å². The number of fused-ring (bicyclic) bond motifs is 5. The van der Waals surface area contributed by atoms with Crippen molar-refractivity contribution in [2.45, 2.75) is 58.2 Å². The summed E-state index contributed by atoms with van der Waals surface area (Å²) in [6.45, 7) is 3.16. The minimum Gasteiger partial charge on any atom is -0.460 e. The molecule has 2 aromatic heterocycles. The second-order valence-corrected chi connectivity index (χ2v) is 9.45. The SMILES string of the molecule is CCC1C(=O)OCc2c1cc1n(c2=O)Cc2c-1nc1cc(F)c(C)c3c1c2[C@@H](NC(=O)CO)CC3. The Labute approximate surface area is 199 Å². The lowest BCUT2D eigenvalue weighted by Gasteiger charge is -2.29. The van der Waals surface area contributed by atoms with E-state index in [4.69, 9.17) is 9.72 Å². The van der Waals surface area contributed by atoms with Gasteiger partial charge in [-0.15, -0.1) is 0 Å². The Kier molecular flexibility index (Phi) is 4.83. The van der Waals surface area contributed by atoms with Crippen LogP contribution in [0.25, 0.3) is 22.3 Å². The number of carbonyl (C=O) groups is 2. The number of aromatic nitrogens is 2. The molecule has 6 rings (SSSR count). The second-order valence-electron chi connectivity index (χ2n) is 9.45. The van der Waals surface area contributed by atoms with E-state index in [9.17, 15) is 23.9 Å². The zero-order valence-corrected chi connectivity index (χ0v) is 19.4. The molecule has 35 heavy (non-hydrogen) atoms. The fourth-order valence-corrected chi connectivity index (χ4v) is 5.96. The molecule has 3 aliphatic rings. The van der Waals surface area contributed by atoms with Crippen LogP contribution in [0.3, 0.4) is 0 Å². The Balaban J connectivity index is 1.65. The van der Waals surface area contributed by atoms with Crippen LogP contribution in [-0.4, -0.2) is 33.1 Å². The predicted molar refractivity (Wildman–Crippen MR) is 124 cm³/mol. The third-order valence-electron chi connectivity index (χ3n) is 7.68. The molecule has 2 aliphatic heterocycles. The number of halogens is 1. The number of benzene rings is 1. The maximum Gasteiger partial charge on any atom is 0.313 e. The van der Waals surface area contributed by atoms with Crippen molar-refractivity contribution in [3.8, 4) is 11.4 Å². The normalized spacial score (nSPS) is 19.7. The zero-order valence-electron chi connectivity index (χ0n) is 19.4. The number of amides is 1. The standard InChI is InChI=1S/C26H24FN3O5/c1-3-12-14-6-20-24-15(8-30(20)25(33)16(14)10-35-26(12)34)23-18(28-21(32)9-31)5-4-13-11(2)17(27)7-19(29-24)22(13)23/h6-7,12,18,31H,3-5,8-10H2,1-2H3,(H,28,32)/t12?,18-/m0/s1. The molecule has 3 aromatic rings. The molecule has 0 fully saturated rings. The fraction of sp³-hybridized carbons (Fsp3) is 0.385. The first-order valence-electron chi connectivity index (χ1n) is 11.8. The summed E-state index contributed by atoms with van der Waals surface area (Å²) in [6, 6.07) is 2.84. The van der Waals surface area contributed by atoms with Gasteiger partial charge in [0.2, 0.25) is 5.91 Å². The van der Waals surface area contributed by atoms with Crippen LogP contribution in [0.15, 0.2) is 16.9 Å². The maximum atomic E-state index is 14.8. The van der Waals surface area contributed by atoms with Gasteiger partial charge in [-0.3, -0.25) is 14.4 Å². The van der Waals surface area contributed by atoms with E-state index in [1.165, 1.54) is 6.07 Å². The lowest BCUT2D eigenvalue weighted by molar-refractivity contribution is -0.148. The molecule has 1 unspecified atom stereocenters. The molecule has 0 bridgehead atoms. The number of esters is 1. The molecule has 2 N–H and O–H groups in total. The minimum absolute atomic E-state index is 0.0634. The van der Waals surface area contributed by atoms with E-state index in [1.807, 2.05) is 13.0 Å². The van der Waals surface area contributed by atoms with E-state index in [0.29, 0.717) is 52.9 Å². The highest BCUT2D eigenvalue weighted by Crippen LogP contribution is 2.45. The van der Waals surface area contributed by atoms with Gasteiger partial charge < -0.3 is 19.7 Å². The summed E-state index contributed by atoms with van der Waals surface area (Å²) < 4.78 is 21.7. The number of hydrogen-bond acceptors (Lipinski definition) is 6. The summed E-state index contributed by atoms with van der Waals surface area (Å²) in [5.41, 5.74) is 5.52. The summed E-state index contributed by atoms with van der Waals surface area (Å²) in [4.78, 5) is 42.8. The van der Waals surface area contributed by atoms with Gasteiger partial charge in [0, 0.05) is 17.0 Å². The van der Waals surface area contributed by atoms with Crippen molar-refractivity contribution >= 4 is 22.8 Å². The van der Waals surface area contributed by atoms with Gasteiger partial charge in [-0.25, -0.2) is 9.37 Å². The predicted octanol–water partition coefficient (Wildman–Crippen LogP) is 2.52. The van der Waals surface area contributed by atoms with Crippen molar-refractivity contribution in [3.05, 3.63) is 61.7 Å². The van der Waals surface area contributed by atoms with Gasteiger partial charge in [0.15, 0.2) is 0 Å². The molecule has 9 heteroatoms. The van der Waals surface area contributed by atoms with Crippen molar-refractivity contribution in [1.29, 1.82) is 0 Å². The van der Waals surface area contributed by atoms with Crippen LogP contribution in [0.5, 0.6) is 0 Å². The number of hydrogen-bond donors (Lipinski definition) is 2. The molecule has 2 atom stereocenters. The monoisotopic (exact) mass is 477 g/mol. The Bertz CT molecular complexity index is 1530.